The van der Waals surface area contributed by atoms with Gasteiger partial charge in [0.1, 0.15) is 5.82 Å². The Hall–Kier alpha value is -2.65. The second-order valence-electron chi connectivity index (χ2n) is 5.35. The first-order valence-electron chi connectivity index (χ1n) is 7.21. The average Bonchev–Trinajstić information content (AvgIpc) is 2.98. The molecule has 4 aromatic rings. The standard InChI is InChI=1S/C19H12ClFN2/c20-15-6-2-4-13(10-15)12-3-1-5-14(9-12)19-17-8-7-16(21)11-18(17)22-23-19/h1-11H,(H,22,23). The fourth-order valence-electron chi connectivity index (χ4n) is 2.73. The molecule has 0 amide bonds. The van der Waals surface area contributed by atoms with Gasteiger partial charge in [0.2, 0.25) is 0 Å². The molecule has 1 aromatic heterocycles. The van der Waals surface area contributed by atoms with Crippen LogP contribution in [0.4, 0.5) is 4.39 Å². The van der Waals surface area contributed by atoms with Crippen LogP contribution in [0.25, 0.3) is 33.3 Å². The lowest BCUT2D eigenvalue weighted by Gasteiger charge is -2.05. The van der Waals surface area contributed by atoms with Gasteiger partial charge in [0.15, 0.2) is 0 Å². The Morgan fingerprint density at radius 2 is 1.57 bits per heavy atom. The van der Waals surface area contributed by atoms with Crippen LogP contribution in [0.15, 0.2) is 66.7 Å². The molecule has 0 unspecified atom stereocenters. The number of nitrogens with zero attached hydrogens (tertiary/aromatic N) is 1. The molecule has 0 fully saturated rings. The topological polar surface area (TPSA) is 28.7 Å². The van der Waals surface area contributed by atoms with E-state index in [4.69, 9.17) is 11.6 Å². The molecule has 1 heterocycles. The molecule has 0 saturated carbocycles. The van der Waals surface area contributed by atoms with E-state index in [1.54, 1.807) is 6.07 Å². The number of nitrogens with one attached hydrogen (secondary N) is 1. The summed E-state index contributed by atoms with van der Waals surface area (Å²) >= 11 is 6.07. The first kappa shape index (κ1) is 14.0. The highest BCUT2D eigenvalue weighted by atomic mass is 35.5. The average molecular weight is 323 g/mol. The molecule has 3 aromatic carbocycles. The van der Waals surface area contributed by atoms with Crippen LogP contribution >= 0.6 is 11.6 Å². The Balaban J connectivity index is 1.84. The third kappa shape index (κ3) is 2.60. The first-order valence-corrected chi connectivity index (χ1v) is 7.58. The normalized spacial score (nSPS) is 11.0. The molecule has 0 aliphatic heterocycles. The van der Waals surface area contributed by atoms with Crippen LogP contribution in [0, 0.1) is 5.82 Å². The van der Waals surface area contributed by atoms with Crippen molar-refractivity contribution < 1.29 is 4.39 Å². The van der Waals surface area contributed by atoms with Crippen molar-refractivity contribution in [2.24, 2.45) is 0 Å². The Bertz CT molecular complexity index is 1010. The Morgan fingerprint density at radius 1 is 0.826 bits per heavy atom. The molecule has 2 nitrogen and oxygen atoms in total. The molecule has 0 spiro atoms. The third-order valence-electron chi connectivity index (χ3n) is 3.82. The molecule has 23 heavy (non-hydrogen) atoms. The second kappa shape index (κ2) is 5.52. The minimum Gasteiger partial charge on any atom is -0.277 e. The molecule has 112 valence electrons. The van der Waals surface area contributed by atoms with Gasteiger partial charge in [0, 0.05) is 16.0 Å². The van der Waals surface area contributed by atoms with Gasteiger partial charge in [-0.1, -0.05) is 41.9 Å². The Kier molecular flexibility index (Phi) is 3.36. The van der Waals surface area contributed by atoms with Crippen molar-refractivity contribution in [2.75, 3.05) is 0 Å². The molecule has 0 saturated heterocycles. The number of aromatic nitrogens is 2. The van der Waals surface area contributed by atoms with Gasteiger partial charge >= 0.3 is 0 Å². The SMILES string of the molecule is Fc1ccc2c(-c3cccc(-c4cccc(Cl)c4)c3)n[nH]c2c1. The Labute approximate surface area is 137 Å². The van der Waals surface area contributed by atoms with Crippen LogP contribution in [-0.2, 0) is 0 Å². The van der Waals surface area contributed by atoms with Crippen LogP contribution in [0.2, 0.25) is 5.02 Å². The van der Waals surface area contributed by atoms with E-state index in [0.29, 0.717) is 10.5 Å². The minimum atomic E-state index is -0.277. The lowest BCUT2D eigenvalue weighted by molar-refractivity contribution is 0.629. The molecular formula is C19H12ClFN2. The van der Waals surface area contributed by atoms with Crippen molar-refractivity contribution in [3.63, 3.8) is 0 Å². The number of hydrogen-bond acceptors (Lipinski definition) is 1. The zero-order valence-electron chi connectivity index (χ0n) is 12.1. The molecule has 0 bridgehead atoms. The van der Waals surface area contributed by atoms with Gasteiger partial charge in [-0.05, 0) is 47.5 Å². The summed E-state index contributed by atoms with van der Waals surface area (Å²) in [4.78, 5) is 0. The lowest BCUT2D eigenvalue weighted by Crippen LogP contribution is -1.82. The van der Waals surface area contributed by atoms with E-state index in [0.717, 1.165) is 27.8 Å². The van der Waals surface area contributed by atoms with Gasteiger partial charge in [-0.2, -0.15) is 5.10 Å². The van der Waals surface area contributed by atoms with E-state index < -0.39 is 0 Å². The summed E-state index contributed by atoms with van der Waals surface area (Å²) in [6.45, 7) is 0. The van der Waals surface area contributed by atoms with Crippen molar-refractivity contribution in [3.05, 3.63) is 77.6 Å². The minimum absolute atomic E-state index is 0.277. The first-order chi connectivity index (χ1) is 11.2. The van der Waals surface area contributed by atoms with E-state index in [2.05, 4.69) is 16.3 Å². The zero-order valence-corrected chi connectivity index (χ0v) is 12.8. The molecular weight excluding hydrogens is 311 g/mol. The maximum Gasteiger partial charge on any atom is 0.125 e. The van der Waals surface area contributed by atoms with Gasteiger partial charge in [-0.15, -0.1) is 0 Å². The number of halogens is 2. The van der Waals surface area contributed by atoms with Crippen LogP contribution in [0.5, 0.6) is 0 Å². The fourth-order valence-corrected chi connectivity index (χ4v) is 2.92. The third-order valence-corrected chi connectivity index (χ3v) is 4.05. The second-order valence-corrected chi connectivity index (χ2v) is 5.79. The number of aromatic amines is 1. The fraction of sp³-hybridized carbons (Fsp3) is 0. The summed E-state index contributed by atoms with van der Waals surface area (Å²) in [7, 11) is 0. The maximum atomic E-state index is 13.3. The summed E-state index contributed by atoms with van der Waals surface area (Å²) in [5.74, 6) is -0.277. The summed E-state index contributed by atoms with van der Waals surface area (Å²) < 4.78 is 13.3. The number of rotatable bonds is 2. The molecule has 4 heteroatoms. The number of hydrogen-bond donors (Lipinski definition) is 1. The number of fused-ring (bicyclic) bond motifs is 1. The van der Waals surface area contributed by atoms with E-state index in [1.807, 2.05) is 42.5 Å². The summed E-state index contributed by atoms with van der Waals surface area (Å²) in [6, 6.07) is 20.4. The van der Waals surface area contributed by atoms with Crippen LogP contribution < -0.4 is 0 Å². The van der Waals surface area contributed by atoms with Crippen molar-refractivity contribution in [1.82, 2.24) is 10.2 Å². The van der Waals surface area contributed by atoms with Gasteiger partial charge in [0.05, 0.1) is 11.2 Å². The molecule has 0 atom stereocenters. The lowest BCUT2D eigenvalue weighted by atomic mass is 10.0. The summed E-state index contributed by atoms with van der Waals surface area (Å²) in [6.07, 6.45) is 0. The summed E-state index contributed by atoms with van der Waals surface area (Å²) in [5.41, 5.74) is 4.57. The molecule has 0 aliphatic rings. The smallest absolute Gasteiger partial charge is 0.125 e. The summed E-state index contributed by atoms with van der Waals surface area (Å²) in [5, 5.41) is 8.83. The maximum absolute atomic E-state index is 13.3. The van der Waals surface area contributed by atoms with Gasteiger partial charge in [-0.25, -0.2) is 4.39 Å². The quantitative estimate of drug-likeness (QED) is 0.504. The monoisotopic (exact) mass is 322 g/mol. The van der Waals surface area contributed by atoms with E-state index >= 15 is 0 Å². The molecule has 0 aliphatic carbocycles. The molecule has 1 N–H and O–H groups in total. The molecule has 4 rings (SSSR count). The Morgan fingerprint density at radius 3 is 2.39 bits per heavy atom. The zero-order chi connectivity index (χ0) is 15.8. The predicted octanol–water partition coefficient (Wildman–Crippen LogP) is 5.69. The van der Waals surface area contributed by atoms with Crippen LogP contribution in [0.3, 0.4) is 0 Å². The predicted molar refractivity (Wildman–Crippen MR) is 91.9 cm³/mol. The highest BCUT2D eigenvalue weighted by Gasteiger charge is 2.10. The number of benzene rings is 3. The van der Waals surface area contributed by atoms with Gasteiger partial charge in [-0.3, -0.25) is 5.10 Å². The van der Waals surface area contributed by atoms with Crippen LogP contribution in [-0.4, -0.2) is 10.2 Å². The highest BCUT2D eigenvalue weighted by molar-refractivity contribution is 6.30. The van der Waals surface area contributed by atoms with Crippen molar-refractivity contribution in [2.45, 2.75) is 0 Å². The molecule has 0 radical (unpaired) electrons. The van der Waals surface area contributed by atoms with Crippen molar-refractivity contribution >= 4 is 22.5 Å². The van der Waals surface area contributed by atoms with Gasteiger partial charge < -0.3 is 0 Å². The number of H-pyrrole nitrogens is 1. The van der Waals surface area contributed by atoms with E-state index in [1.165, 1.54) is 12.1 Å². The van der Waals surface area contributed by atoms with Crippen LogP contribution in [0.1, 0.15) is 0 Å². The van der Waals surface area contributed by atoms with E-state index in [9.17, 15) is 4.39 Å². The van der Waals surface area contributed by atoms with Gasteiger partial charge in [0.25, 0.3) is 0 Å². The largest absolute Gasteiger partial charge is 0.277 e. The highest BCUT2D eigenvalue weighted by Crippen LogP contribution is 2.30. The van der Waals surface area contributed by atoms with E-state index in [-0.39, 0.29) is 5.82 Å². The van der Waals surface area contributed by atoms with Crippen molar-refractivity contribution in [3.8, 4) is 22.4 Å². The van der Waals surface area contributed by atoms with Crippen molar-refractivity contribution in [1.29, 1.82) is 0 Å².